The number of halogens is 1. The Labute approximate surface area is 134 Å². The molecule has 0 amide bonds. The van der Waals surface area contributed by atoms with E-state index in [1.54, 1.807) is 43.6 Å². The molecule has 7 nitrogen and oxygen atoms in total. The number of oxazole rings is 1. The van der Waals surface area contributed by atoms with Crippen molar-refractivity contribution in [3.05, 3.63) is 52.2 Å². The zero-order valence-electron chi connectivity index (χ0n) is 11.9. The predicted molar refractivity (Wildman–Crippen MR) is 83.0 cm³/mol. The second kappa shape index (κ2) is 5.06. The first kappa shape index (κ1) is 13.7. The summed E-state index contributed by atoms with van der Waals surface area (Å²) in [7, 11) is 1.64. The van der Waals surface area contributed by atoms with Crippen LogP contribution in [0.4, 0.5) is 0 Å². The maximum atomic E-state index is 11.5. The molecule has 23 heavy (non-hydrogen) atoms. The summed E-state index contributed by atoms with van der Waals surface area (Å²) in [6, 6.07) is 8.72. The van der Waals surface area contributed by atoms with Gasteiger partial charge in [-0.3, -0.25) is 4.57 Å². The molecule has 3 heterocycles. The molecule has 0 saturated carbocycles. The predicted octanol–water partition coefficient (Wildman–Crippen LogP) is 2.90. The molecule has 0 aliphatic rings. The normalized spacial score (nSPS) is 11.2. The van der Waals surface area contributed by atoms with Crippen LogP contribution in [0, 0.1) is 0 Å². The lowest BCUT2D eigenvalue weighted by molar-refractivity contribution is 0.432. The van der Waals surface area contributed by atoms with Crippen LogP contribution in [-0.4, -0.2) is 19.7 Å². The number of rotatable bonds is 2. The van der Waals surface area contributed by atoms with Gasteiger partial charge < -0.3 is 8.94 Å². The van der Waals surface area contributed by atoms with Crippen molar-refractivity contribution in [3.63, 3.8) is 0 Å². The number of nitrogens with zero attached hydrogens (tertiary/aromatic N) is 4. The van der Waals surface area contributed by atoms with Crippen molar-refractivity contribution >= 4 is 22.7 Å². The highest BCUT2D eigenvalue weighted by molar-refractivity contribution is 6.31. The van der Waals surface area contributed by atoms with Gasteiger partial charge in [0.2, 0.25) is 5.82 Å². The molecule has 0 radical (unpaired) electrons. The van der Waals surface area contributed by atoms with E-state index in [-0.39, 0.29) is 11.0 Å². The molecule has 0 atom stereocenters. The third-order valence-electron chi connectivity index (χ3n) is 3.47. The van der Waals surface area contributed by atoms with Crippen LogP contribution in [0.25, 0.3) is 33.9 Å². The maximum absolute atomic E-state index is 11.5. The van der Waals surface area contributed by atoms with E-state index in [2.05, 4.69) is 15.1 Å². The molecular weight excluding hydrogens is 320 g/mol. The molecule has 0 unspecified atom stereocenters. The first-order valence-electron chi connectivity index (χ1n) is 6.68. The Balaban J connectivity index is 1.80. The number of hydrogen-bond acceptors (Lipinski definition) is 6. The maximum Gasteiger partial charge on any atom is 0.419 e. The molecule has 0 spiro atoms. The third kappa shape index (κ3) is 2.22. The minimum Gasteiger partial charge on any atom is -0.408 e. The topological polar surface area (TPSA) is 87.0 Å². The SMILES string of the molecule is Cn1c(=O)oc2cc(-c3noc(-c4cccnc4Cl)n3)ccc21. The average molecular weight is 329 g/mol. The number of aryl methyl sites for hydroxylation is 1. The lowest BCUT2D eigenvalue weighted by atomic mass is 10.2. The average Bonchev–Trinajstić information content (AvgIpc) is 3.14. The fourth-order valence-corrected chi connectivity index (χ4v) is 2.47. The fraction of sp³-hybridized carbons (Fsp3) is 0.0667. The standard InChI is InChI=1S/C15H9ClN4O3/c1-20-10-5-4-8(7-11(10)22-15(20)21)13-18-14(23-19-13)9-3-2-6-17-12(9)16/h2-7H,1H3. The number of aromatic nitrogens is 4. The van der Waals surface area contributed by atoms with Crippen molar-refractivity contribution in [3.8, 4) is 22.8 Å². The minimum atomic E-state index is -0.423. The first-order chi connectivity index (χ1) is 11.1. The monoisotopic (exact) mass is 328 g/mol. The molecule has 0 saturated heterocycles. The molecular formula is C15H9ClN4O3. The van der Waals surface area contributed by atoms with Gasteiger partial charge in [0.25, 0.3) is 5.89 Å². The number of hydrogen-bond donors (Lipinski definition) is 0. The van der Waals surface area contributed by atoms with E-state index in [9.17, 15) is 4.79 Å². The van der Waals surface area contributed by atoms with E-state index in [4.69, 9.17) is 20.5 Å². The van der Waals surface area contributed by atoms with Gasteiger partial charge in [-0.2, -0.15) is 4.98 Å². The van der Waals surface area contributed by atoms with E-state index in [0.29, 0.717) is 28.1 Å². The molecule has 0 N–H and O–H groups in total. The molecule has 1 aromatic carbocycles. The summed E-state index contributed by atoms with van der Waals surface area (Å²) in [4.78, 5) is 19.8. The Morgan fingerprint density at radius 2 is 2.13 bits per heavy atom. The minimum absolute atomic E-state index is 0.271. The summed E-state index contributed by atoms with van der Waals surface area (Å²) in [5.74, 6) is 0.217. The van der Waals surface area contributed by atoms with E-state index < -0.39 is 5.76 Å². The van der Waals surface area contributed by atoms with Crippen LogP contribution >= 0.6 is 11.6 Å². The molecule has 3 aromatic heterocycles. The number of fused-ring (bicyclic) bond motifs is 1. The van der Waals surface area contributed by atoms with Gasteiger partial charge in [0.05, 0.1) is 11.1 Å². The van der Waals surface area contributed by atoms with Gasteiger partial charge in [0.1, 0.15) is 5.15 Å². The third-order valence-corrected chi connectivity index (χ3v) is 3.77. The number of pyridine rings is 1. The van der Waals surface area contributed by atoms with E-state index >= 15 is 0 Å². The first-order valence-corrected chi connectivity index (χ1v) is 7.06. The van der Waals surface area contributed by atoms with Crippen molar-refractivity contribution in [2.45, 2.75) is 0 Å². The van der Waals surface area contributed by atoms with E-state index in [1.807, 2.05) is 0 Å². The molecule has 4 aromatic rings. The largest absolute Gasteiger partial charge is 0.419 e. The van der Waals surface area contributed by atoms with Crippen LogP contribution < -0.4 is 5.76 Å². The van der Waals surface area contributed by atoms with Gasteiger partial charge in [0, 0.05) is 18.8 Å². The summed E-state index contributed by atoms with van der Waals surface area (Å²) >= 11 is 6.02. The Bertz CT molecular complexity index is 1080. The summed E-state index contributed by atoms with van der Waals surface area (Å²) in [5, 5.41) is 4.23. The molecule has 0 aliphatic heterocycles. The highest BCUT2D eigenvalue weighted by atomic mass is 35.5. The summed E-state index contributed by atoms with van der Waals surface area (Å²) in [6.45, 7) is 0. The number of benzene rings is 1. The summed E-state index contributed by atoms with van der Waals surface area (Å²) in [5.41, 5.74) is 2.38. The van der Waals surface area contributed by atoms with E-state index in [0.717, 1.165) is 0 Å². The van der Waals surface area contributed by atoms with Gasteiger partial charge in [-0.25, -0.2) is 9.78 Å². The Morgan fingerprint density at radius 1 is 1.26 bits per heavy atom. The van der Waals surface area contributed by atoms with Gasteiger partial charge in [0.15, 0.2) is 5.58 Å². The van der Waals surface area contributed by atoms with Crippen LogP contribution in [0.15, 0.2) is 50.3 Å². The van der Waals surface area contributed by atoms with Crippen LogP contribution in [0.3, 0.4) is 0 Å². The zero-order valence-corrected chi connectivity index (χ0v) is 12.6. The van der Waals surface area contributed by atoms with Crippen molar-refractivity contribution in [2.24, 2.45) is 7.05 Å². The molecule has 0 fully saturated rings. The Kier molecular flexibility index (Phi) is 3.02. The second-order valence-corrected chi connectivity index (χ2v) is 5.23. The molecule has 4 rings (SSSR count). The van der Waals surface area contributed by atoms with Crippen molar-refractivity contribution in [1.82, 2.24) is 19.7 Å². The quantitative estimate of drug-likeness (QED) is 0.526. The summed E-state index contributed by atoms with van der Waals surface area (Å²) in [6.07, 6.45) is 1.58. The molecule has 114 valence electrons. The van der Waals surface area contributed by atoms with Crippen LogP contribution in [-0.2, 0) is 7.05 Å². The highest BCUT2D eigenvalue weighted by Crippen LogP contribution is 2.27. The zero-order chi connectivity index (χ0) is 16.0. The smallest absolute Gasteiger partial charge is 0.408 e. The molecule has 0 bridgehead atoms. The van der Waals surface area contributed by atoms with E-state index in [1.165, 1.54) is 4.57 Å². The second-order valence-electron chi connectivity index (χ2n) is 4.87. The Morgan fingerprint density at radius 3 is 2.96 bits per heavy atom. The van der Waals surface area contributed by atoms with Crippen LogP contribution in [0.2, 0.25) is 5.15 Å². The molecule has 8 heteroatoms. The highest BCUT2D eigenvalue weighted by Gasteiger charge is 2.15. The van der Waals surface area contributed by atoms with Gasteiger partial charge >= 0.3 is 5.76 Å². The van der Waals surface area contributed by atoms with Crippen LogP contribution in [0.1, 0.15) is 0 Å². The summed E-state index contributed by atoms with van der Waals surface area (Å²) < 4.78 is 11.8. The van der Waals surface area contributed by atoms with Crippen molar-refractivity contribution in [1.29, 1.82) is 0 Å². The van der Waals surface area contributed by atoms with Gasteiger partial charge in [-0.1, -0.05) is 16.8 Å². The van der Waals surface area contributed by atoms with Gasteiger partial charge in [-0.15, -0.1) is 0 Å². The van der Waals surface area contributed by atoms with Crippen molar-refractivity contribution < 1.29 is 8.94 Å². The van der Waals surface area contributed by atoms with Crippen LogP contribution in [0.5, 0.6) is 0 Å². The van der Waals surface area contributed by atoms with Crippen molar-refractivity contribution in [2.75, 3.05) is 0 Å². The molecule has 0 aliphatic carbocycles. The van der Waals surface area contributed by atoms with Gasteiger partial charge in [-0.05, 0) is 30.3 Å². The fourth-order valence-electron chi connectivity index (χ4n) is 2.27. The Hall–Kier alpha value is -2.93. The lowest BCUT2D eigenvalue weighted by Gasteiger charge is -1.96. The lowest BCUT2D eigenvalue weighted by Crippen LogP contribution is -2.08.